The molecule has 3 aromatic carbocycles. The third kappa shape index (κ3) is 4.56. The van der Waals surface area contributed by atoms with E-state index in [0.717, 1.165) is 10.2 Å². The molecule has 1 aliphatic rings. The highest BCUT2D eigenvalue weighted by Gasteiger charge is 2.45. The molecule has 4 aromatic rings. The quantitative estimate of drug-likeness (QED) is 0.274. The number of anilines is 3. The summed E-state index contributed by atoms with van der Waals surface area (Å²) >= 11 is 3.42. The predicted octanol–water partition coefficient (Wildman–Crippen LogP) is 6.00. The minimum atomic E-state index is -0.905. The van der Waals surface area contributed by atoms with E-state index in [-0.39, 0.29) is 17.2 Å². The van der Waals surface area contributed by atoms with E-state index >= 15 is 0 Å². The molecular weight excluding hydrogens is 550 g/mol. The number of benzene rings is 3. The summed E-state index contributed by atoms with van der Waals surface area (Å²) in [7, 11) is 3.83. The fourth-order valence-electron chi connectivity index (χ4n) is 4.54. The Morgan fingerprint density at radius 3 is 2.32 bits per heavy atom. The Morgan fingerprint density at radius 2 is 1.68 bits per heavy atom. The number of aliphatic hydroxyl groups is 1. The number of halogens is 1. The first-order chi connectivity index (χ1) is 18.1. The lowest BCUT2D eigenvalue weighted by Gasteiger charge is -2.27. The van der Waals surface area contributed by atoms with Crippen LogP contribution >= 0.6 is 15.9 Å². The monoisotopic (exact) mass is 573 g/mol. The van der Waals surface area contributed by atoms with Crippen LogP contribution in [0.15, 0.2) is 93.0 Å². The molecule has 8 nitrogen and oxygen atoms in total. The van der Waals surface area contributed by atoms with E-state index in [9.17, 15) is 19.5 Å². The summed E-state index contributed by atoms with van der Waals surface area (Å²) in [4.78, 5) is 42.0. The molecule has 1 atom stereocenters. The largest absolute Gasteiger partial charge is 0.503 e. The molecule has 1 aromatic heterocycles. The summed E-state index contributed by atoms with van der Waals surface area (Å²) in [5.41, 5.74) is 3.03. The molecule has 38 heavy (non-hydrogen) atoms. The number of fused-ring (bicyclic) bond motifs is 1. The number of ketones is 1. The van der Waals surface area contributed by atoms with Crippen molar-refractivity contribution >= 4 is 61.6 Å². The molecule has 0 saturated carbocycles. The topological polar surface area (TPSA) is 103 Å². The second-order valence-electron chi connectivity index (χ2n) is 9.18. The summed E-state index contributed by atoms with van der Waals surface area (Å²) in [6, 6.07) is 20.1. The minimum Gasteiger partial charge on any atom is -0.503 e. The molecular formula is C29H24BrN3O5. The third-order valence-corrected chi connectivity index (χ3v) is 6.84. The number of furan rings is 1. The predicted molar refractivity (Wildman–Crippen MR) is 150 cm³/mol. The van der Waals surface area contributed by atoms with Gasteiger partial charge in [0.05, 0.1) is 11.6 Å². The fraction of sp³-hybridized carbons (Fsp3) is 0.138. The van der Waals surface area contributed by atoms with Crippen LogP contribution in [0.1, 0.15) is 29.1 Å². The molecule has 0 aliphatic carbocycles. The van der Waals surface area contributed by atoms with Crippen molar-refractivity contribution in [1.29, 1.82) is 0 Å². The Bertz CT molecular complexity index is 1600. The van der Waals surface area contributed by atoms with E-state index in [1.165, 1.54) is 11.8 Å². The highest BCUT2D eigenvalue weighted by molar-refractivity contribution is 9.10. The highest BCUT2D eigenvalue weighted by Crippen LogP contribution is 2.43. The lowest BCUT2D eigenvalue weighted by molar-refractivity contribution is -0.117. The maximum atomic E-state index is 13.8. The Kier molecular flexibility index (Phi) is 6.54. The molecule has 1 unspecified atom stereocenters. The fourth-order valence-corrected chi connectivity index (χ4v) is 4.92. The molecule has 2 heterocycles. The normalized spacial score (nSPS) is 15.3. The number of amides is 2. The standard InChI is InChI=1S/C29H24BrN3O5/c1-16(34)31-20-7-11-22(12-8-20)33-26(17-4-9-21(10-5-17)32(2)3)25(28(36)29(33)37)27(35)24-15-18-14-19(30)6-13-23(18)38-24/h4-15,26,36H,1-3H3,(H,31,34). The van der Waals surface area contributed by atoms with Gasteiger partial charge in [-0.25, -0.2) is 0 Å². The number of aliphatic hydroxyl groups excluding tert-OH is 1. The second kappa shape index (κ2) is 9.83. The molecule has 5 rings (SSSR count). The molecule has 2 N–H and O–H groups in total. The maximum Gasteiger partial charge on any atom is 0.294 e. The van der Waals surface area contributed by atoms with Gasteiger partial charge in [0.25, 0.3) is 5.91 Å². The van der Waals surface area contributed by atoms with Gasteiger partial charge in [0.2, 0.25) is 11.7 Å². The summed E-state index contributed by atoms with van der Waals surface area (Å²) in [6.45, 7) is 1.40. The summed E-state index contributed by atoms with van der Waals surface area (Å²) in [6.07, 6.45) is 0. The van der Waals surface area contributed by atoms with Gasteiger partial charge in [-0.05, 0) is 66.2 Å². The van der Waals surface area contributed by atoms with Crippen molar-refractivity contribution in [3.05, 3.63) is 99.9 Å². The molecule has 0 spiro atoms. The van der Waals surface area contributed by atoms with Gasteiger partial charge in [-0.15, -0.1) is 0 Å². The molecule has 9 heteroatoms. The van der Waals surface area contributed by atoms with Gasteiger partial charge in [0.15, 0.2) is 11.5 Å². The zero-order chi connectivity index (χ0) is 27.1. The van der Waals surface area contributed by atoms with Crippen molar-refractivity contribution < 1.29 is 23.9 Å². The molecule has 2 amide bonds. The van der Waals surface area contributed by atoms with Gasteiger partial charge in [-0.1, -0.05) is 28.1 Å². The Morgan fingerprint density at radius 1 is 1.00 bits per heavy atom. The van der Waals surface area contributed by atoms with Crippen molar-refractivity contribution in [1.82, 2.24) is 0 Å². The van der Waals surface area contributed by atoms with Crippen molar-refractivity contribution in [3.8, 4) is 0 Å². The molecule has 0 radical (unpaired) electrons. The van der Waals surface area contributed by atoms with Crippen LogP contribution in [0.4, 0.5) is 17.1 Å². The van der Waals surface area contributed by atoms with Crippen LogP contribution in [-0.4, -0.2) is 36.8 Å². The van der Waals surface area contributed by atoms with Crippen LogP contribution in [0.3, 0.4) is 0 Å². The van der Waals surface area contributed by atoms with Crippen LogP contribution in [-0.2, 0) is 9.59 Å². The van der Waals surface area contributed by atoms with Crippen LogP contribution in [0.25, 0.3) is 11.0 Å². The van der Waals surface area contributed by atoms with Crippen molar-refractivity contribution in [2.75, 3.05) is 29.2 Å². The van der Waals surface area contributed by atoms with Crippen molar-refractivity contribution in [2.24, 2.45) is 0 Å². The summed E-state index contributed by atoms with van der Waals surface area (Å²) in [5.74, 6) is -2.13. The number of nitrogens with one attached hydrogen (secondary N) is 1. The zero-order valence-corrected chi connectivity index (χ0v) is 22.4. The minimum absolute atomic E-state index is 0.0187. The number of nitrogens with zero attached hydrogens (tertiary/aromatic N) is 2. The van der Waals surface area contributed by atoms with Crippen LogP contribution < -0.4 is 15.1 Å². The number of carbonyl (C=O) groups excluding carboxylic acids is 3. The highest BCUT2D eigenvalue weighted by atomic mass is 79.9. The lowest BCUT2D eigenvalue weighted by atomic mass is 9.94. The molecule has 0 bridgehead atoms. The van der Waals surface area contributed by atoms with E-state index < -0.39 is 23.5 Å². The van der Waals surface area contributed by atoms with E-state index in [1.54, 1.807) is 42.5 Å². The molecule has 0 saturated heterocycles. The number of hydrogen-bond donors (Lipinski definition) is 2. The van der Waals surface area contributed by atoms with Gasteiger partial charge in [-0.2, -0.15) is 0 Å². The summed E-state index contributed by atoms with van der Waals surface area (Å²) in [5, 5.41) is 14.4. The van der Waals surface area contributed by atoms with E-state index in [1.807, 2.05) is 49.3 Å². The van der Waals surface area contributed by atoms with E-state index in [0.29, 0.717) is 27.9 Å². The average Bonchev–Trinajstić information content (AvgIpc) is 3.42. The van der Waals surface area contributed by atoms with Crippen LogP contribution in [0.2, 0.25) is 0 Å². The van der Waals surface area contributed by atoms with E-state index in [4.69, 9.17) is 4.42 Å². The van der Waals surface area contributed by atoms with Gasteiger partial charge in [0.1, 0.15) is 5.58 Å². The Hall–Kier alpha value is -4.37. The first kappa shape index (κ1) is 25.3. The van der Waals surface area contributed by atoms with Gasteiger partial charge < -0.3 is 19.7 Å². The first-order valence-electron chi connectivity index (χ1n) is 11.8. The van der Waals surface area contributed by atoms with Crippen LogP contribution in [0.5, 0.6) is 0 Å². The number of rotatable bonds is 6. The van der Waals surface area contributed by atoms with Gasteiger partial charge in [-0.3, -0.25) is 19.3 Å². The maximum absolute atomic E-state index is 13.8. The Balaban J connectivity index is 1.61. The second-order valence-corrected chi connectivity index (χ2v) is 10.1. The zero-order valence-electron chi connectivity index (χ0n) is 20.9. The number of Topliss-reactive ketones (excluding diaryl/α,β-unsaturated/α-hetero) is 1. The summed E-state index contributed by atoms with van der Waals surface area (Å²) < 4.78 is 6.65. The van der Waals surface area contributed by atoms with Crippen LogP contribution in [0, 0.1) is 0 Å². The lowest BCUT2D eigenvalue weighted by Crippen LogP contribution is -2.31. The van der Waals surface area contributed by atoms with Gasteiger partial charge >= 0.3 is 0 Å². The Labute approximate surface area is 227 Å². The average molecular weight is 574 g/mol. The molecule has 192 valence electrons. The third-order valence-electron chi connectivity index (χ3n) is 6.35. The molecule has 1 aliphatic heterocycles. The van der Waals surface area contributed by atoms with Crippen molar-refractivity contribution in [3.63, 3.8) is 0 Å². The SMILES string of the molecule is CC(=O)Nc1ccc(N2C(=O)C(O)=C(C(=O)c3cc4cc(Br)ccc4o3)C2c2ccc(N(C)C)cc2)cc1. The van der Waals surface area contributed by atoms with Gasteiger partial charge in [0, 0.05) is 47.9 Å². The molecule has 0 fully saturated rings. The smallest absolute Gasteiger partial charge is 0.294 e. The van der Waals surface area contributed by atoms with Crippen molar-refractivity contribution in [2.45, 2.75) is 13.0 Å². The van der Waals surface area contributed by atoms with E-state index in [2.05, 4.69) is 21.2 Å². The first-order valence-corrected chi connectivity index (χ1v) is 12.6. The number of carbonyl (C=O) groups is 3. The number of hydrogen-bond acceptors (Lipinski definition) is 6.